The number of rotatable bonds is 0. The van der Waals surface area contributed by atoms with Gasteiger partial charge in [0.25, 0.3) is 0 Å². The zero-order valence-corrected chi connectivity index (χ0v) is 17.5. The molecule has 4 aliphatic carbocycles. The van der Waals surface area contributed by atoms with Gasteiger partial charge in [0.05, 0.1) is 32.5 Å². The van der Waals surface area contributed by atoms with Crippen LogP contribution in [-0.4, -0.2) is 49.2 Å². The van der Waals surface area contributed by atoms with Gasteiger partial charge in [0.2, 0.25) is 0 Å². The lowest BCUT2D eigenvalue weighted by Crippen LogP contribution is -2.61. The highest BCUT2D eigenvalue weighted by Gasteiger charge is 2.69. The maximum Gasteiger partial charge on any atom is 0.174 e. The zero-order chi connectivity index (χ0) is 19.2. The van der Waals surface area contributed by atoms with E-state index in [9.17, 15) is 5.11 Å². The number of aliphatic hydroxyl groups is 1. The molecule has 5 nitrogen and oxygen atoms in total. The summed E-state index contributed by atoms with van der Waals surface area (Å²) in [5, 5.41) is 11.3. The minimum absolute atomic E-state index is 0.0984. The van der Waals surface area contributed by atoms with Crippen molar-refractivity contribution in [1.29, 1.82) is 0 Å². The molecular weight excluding hydrogens is 356 g/mol. The molecule has 6 aliphatic rings. The van der Waals surface area contributed by atoms with Gasteiger partial charge in [0.15, 0.2) is 11.6 Å². The molecule has 158 valence electrons. The minimum atomic E-state index is -0.413. The quantitative estimate of drug-likeness (QED) is 0.684. The molecular formula is C23H36O5. The fourth-order valence-corrected chi connectivity index (χ4v) is 8.87. The standard InChI is InChI=1S/C23H36O5/c1-20-7-8-22(25-9-10-26-22)14-18(20)19(24)13-15-16(20)3-5-21(2)17(15)4-6-23(21)27-11-12-28-23/h15-19,24H,3-14H2,1-2H3/t15-,16+,17+,18?,19+,20-,21+/m1/s1. The van der Waals surface area contributed by atoms with E-state index < -0.39 is 5.79 Å². The predicted molar refractivity (Wildman–Crippen MR) is 102 cm³/mol. The maximum atomic E-state index is 11.3. The lowest BCUT2D eigenvalue weighted by atomic mass is 9.44. The Labute approximate surface area is 168 Å². The first-order valence-electron chi connectivity index (χ1n) is 11.7. The van der Waals surface area contributed by atoms with E-state index in [0.717, 1.165) is 45.3 Å². The first kappa shape index (κ1) is 18.6. The first-order chi connectivity index (χ1) is 13.4. The first-order valence-corrected chi connectivity index (χ1v) is 11.7. The topological polar surface area (TPSA) is 57.2 Å². The molecule has 7 atom stereocenters. The van der Waals surface area contributed by atoms with Crippen molar-refractivity contribution in [3.8, 4) is 0 Å². The molecule has 0 aromatic carbocycles. The second kappa shape index (κ2) is 5.94. The summed E-state index contributed by atoms with van der Waals surface area (Å²) in [6.07, 6.45) is 8.27. The van der Waals surface area contributed by atoms with Gasteiger partial charge in [0.1, 0.15) is 0 Å². The largest absolute Gasteiger partial charge is 0.393 e. The van der Waals surface area contributed by atoms with Crippen LogP contribution in [0.25, 0.3) is 0 Å². The summed E-state index contributed by atoms with van der Waals surface area (Å²) in [4.78, 5) is 0. The number of fused-ring (bicyclic) bond motifs is 6. The Morgan fingerprint density at radius 3 is 2.18 bits per heavy atom. The average Bonchev–Trinajstić information content (AvgIpc) is 3.39. The molecule has 6 rings (SSSR count). The molecule has 0 radical (unpaired) electrons. The Balaban J connectivity index is 1.31. The fraction of sp³-hybridized carbons (Fsp3) is 1.00. The van der Waals surface area contributed by atoms with Crippen LogP contribution in [0.3, 0.4) is 0 Å². The van der Waals surface area contributed by atoms with Gasteiger partial charge in [-0.2, -0.15) is 0 Å². The van der Waals surface area contributed by atoms with Gasteiger partial charge in [-0.15, -0.1) is 0 Å². The van der Waals surface area contributed by atoms with Gasteiger partial charge in [0, 0.05) is 24.7 Å². The van der Waals surface area contributed by atoms with Gasteiger partial charge >= 0.3 is 0 Å². The van der Waals surface area contributed by atoms with Crippen molar-refractivity contribution in [3.63, 3.8) is 0 Å². The lowest BCUT2D eigenvalue weighted by molar-refractivity contribution is -0.269. The van der Waals surface area contributed by atoms with Crippen molar-refractivity contribution < 1.29 is 24.1 Å². The Morgan fingerprint density at radius 2 is 1.43 bits per heavy atom. The van der Waals surface area contributed by atoms with Crippen LogP contribution < -0.4 is 0 Å². The van der Waals surface area contributed by atoms with E-state index in [1.807, 2.05) is 0 Å². The number of ether oxygens (including phenoxy) is 4. The molecule has 2 aliphatic heterocycles. The van der Waals surface area contributed by atoms with E-state index in [4.69, 9.17) is 18.9 Å². The van der Waals surface area contributed by atoms with E-state index in [2.05, 4.69) is 13.8 Å². The second-order valence-corrected chi connectivity index (χ2v) is 11.0. The molecule has 2 spiro atoms. The van der Waals surface area contributed by atoms with Crippen molar-refractivity contribution in [2.45, 2.75) is 82.9 Å². The molecule has 28 heavy (non-hydrogen) atoms. The van der Waals surface area contributed by atoms with Crippen LogP contribution >= 0.6 is 0 Å². The number of aliphatic hydroxyl groups excluding tert-OH is 1. The molecule has 0 aromatic heterocycles. The minimum Gasteiger partial charge on any atom is -0.393 e. The molecule has 0 aromatic rings. The fourth-order valence-electron chi connectivity index (χ4n) is 8.87. The van der Waals surface area contributed by atoms with Crippen molar-refractivity contribution in [2.24, 2.45) is 34.5 Å². The molecule has 1 unspecified atom stereocenters. The molecule has 2 heterocycles. The van der Waals surface area contributed by atoms with E-state index in [-0.39, 0.29) is 22.7 Å². The zero-order valence-electron chi connectivity index (χ0n) is 17.5. The normalized spacial score (nSPS) is 53.9. The van der Waals surface area contributed by atoms with E-state index in [1.54, 1.807) is 0 Å². The van der Waals surface area contributed by atoms with Crippen LogP contribution in [0, 0.1) is 34.5 Å². The highest BCUT2D eigenvalue weighted by Crippen LogP contribution is 2.70. The maximum absolute atomic E-state index is 11.3. The molecule has 4 saturated carbocycles. The van der Waals surface area contributed by atoms with Gasteiger partial charge in [-0.05, 0) is 61.2 Å². The van der Waals surface area contributed by atoms with Crippen LogP contribution in [0.15, 0.2) is 0 Å². The number of hydrogen-bond donors (Lipinski definition) is 1. The predicted octanol–water partition coefficient (Wildman–Crippen LogP) is 3.49. The van der Waals surface area contributed by atoms with Gasteiger partial charge in [-0.25, -0.2) is 0 Å². The second-order valence-electron chi connectivity index (χ2n) is 11.0. The molecule has 6 fully saturated rings. The summed E-state index contributed by atoms with van der Waals surface area (Å²) >= 11 is 0. The van der Waals surface area contributed by atoms with Crippen LogP contribution in [0.1, 0.15) is 65.2 Å². The summed E-state index contributed by atoms with van der Waals surface area (Å²) in [5.74, 6) is 1.40. The smallest absolute Gasteiger partial charge is 0.174 e. The SMILES string of the molecule is C[C@]12CCC3(CC1[C@@H](O)C[C@@H]1[C@@H]2CC[C@@]2(C)[C@H]1CCC21OCCO1)OCCO3. The lowest BCUT2D eigenvalue weighted by Gasteiger charge is -2.63. The summed E-state index contributed by atoms with van der Waals surface area (Å²) in [7, 11) is 0. The highest BCUT2D eigenvalue weighted by atomic mass is 16.7. The molecule has 1 N–H and O–H groups in total. The third-order valence-electron chi connectivity index (χ3n) is 10.3. The highest BCUT2D eigenvalue weighted by molar-refractivity contribution is 5.14. The van der Waals surface area contributed by atoms with Crippen LogP contribution in [-0.2, 0) is 18.9 Å². The Hall–Kier alpha value is -0.200. The van der Waals surface area contributed by atoms with Gasteiger partial charge in [-0.1, -0.05) is 13.8 Å². The van der Waals surface area contributed by atoms with Crippen molar-refractivity contribution in [3.05, 3.63) is 0 Å². The van der Waals surface area contributed by atoms with E-state index >= 15 is 0 Å². The third-order valence-corrected chi connectivity index (χ3v) is 10.3. The van der Waals surface area contributed by atoms with Gasteiger partial charge < -0.3 is 24.1 Å². The summed E-state index contributed by atoms with van der Waals surface area (Å²) in [6, 6.07) is 0. The summed E-state index contributed by atoms with van der Waals surface area (Å²) in [6.45, 7) is 7.77. The Bertz CT molecular complexity index is 639. The van der Waals surface area contributed by atoms with Crippen LogP contribution in [0.5, 0.6) is 0 Å². The van der Waals surface area contributed by atoms with Crippen molar-refractivity contribution in [1.82, 2.24) is 0 Å². The number of hydrogen-bond acceptors (Lipinski definition) is 5. The molecule has 0 bridgehead atoms. The monoisotopic (exact) mass is 392 g/mol. The third kappa shape index (κ3) is 2.21. The average molecular weight is 393 g/mol. The Morgan fingerprint density at radius 1 is 0.750 bits per heavy atom. The van der Waals surface area contributed by atoms with Crippen molar-refractivity contribution in [2.75, 3.05) is 26.4 Å². The molecule has 2 saturated heterocycles. The molecule has 5 heteroatoms. The molecule has 0 amide bonds. The van der Waals surface area contributed by atoms with Crippen molar-refractivity contribution >= 4 is 0 Å². The van der Waals surface area contributed by atoms with E-state index in [0.29, 0.717) is 36.9 Å². The summed E-state index contributed by atoms with van der Waals surface area (Å²) in [5.41, 5.74) is 0.290. The van der Waals surface area contributed by atoms with Crippen LogP contribution in [0.2, 0.25) is 0 Å². The van der Waals surface area contributed by atoms with Crippen LogP contribution in [0.4, 0.5) is 0 Å². The Kier molecular flexibility index (Phi) is 3.94. The van der Waals surface area contributed by atoms with E-state index in [1.165, 1.54) is 19.3 Å². The van der Waals surface area contributed by atoms with Gasteiger partial charge in [-0.3, -0.25) is 0 Å². The summed E-state index contributed by atoms with van der Waals surface area (Å²) < 4.78 is 24.6.